The number of nitrogens with zero attached hydrogens (tertiary/aromatic N) is 3. The van der Waals surface area contributed by atoms with Crippen LogP contribution in [0, 0.1) is 24.0 Å². The van der Waals surface area contributed by atoms with Crippen LogP contribution >= 0.6 is 0 Å². The molecule has 2 rings (SSSR count). The zero-order valence-corrected chi connectivity index (χ0v) is 12.9. The van der Waals surface area contributed by atoms with Gasteiger partial charge in [0.05, 0.1) is 0 Å². The molecule has 0 amide bonds. The third-order valence-electron chi connectivity index (χ3n) is 3.03. The first-order valence-corrected chi connectivity index (χ1v) is 8.01. The average Bonchev–Trinajstić information content (AvgIpc) is 2.80. The highest BCUT2D eigenvalue weighted by molar-refractivity contribution is 7.87. The van der Waals surface area contributed by atoms with Crippen LogP contribution in [0.3, 0.4) is 0 Å². The van der Waals surface area contributed by atoms with E-state index in [2.05, 4.69) is 4.98 Å². The standard InChI is InChI=1S/C13H15N3O5S/c1-10-3-5-12(6-4-10)21-22(19,20)8-7-15-11(2)14-9-13(15)16(17)18/h3-6,9H,7-8H2,1-2H3. The van der Waals surface area contributed by atoms with Crippen LogP contribution in [0.25, 0.3) is 0 Å². The quantitative estimate of drug-likeness (QED) is 0.456. The Kier molecular flexibility index (Phi) is 4.45. The van der Waals surface area contributed by atoms with Crippen molar-refractivity contribution in [2.45, 2.75) is 20.4 Å². The van der Waals surface area contributed by atoms with E-state index in [0.717, 1.165) is 11.8 Å². The van der Waals surface area contributed by atoms with Gasteiger partial charge in [-0.2, -0.15) is 8.42 Å². The summed E-state index contributed by atoms with van der Waals surface area (Å²) in [6.45, 7) is 3.34. The molecule has 0 fully saturated rings. The molecule has 9 heteroatoms. The highest BCUT2D eigenvalue weighted by Crippen LogP contribution is 2.16. The zero-order chi connectivity index (χ0) is 16.3. The summed E-state index contributed by atoms with van der Waals surface area (Å²) in [5, 5.41) is 10.8. The number of aromatic nitrogens is 2. The third-order valence-corrected chi connectivity index (χ3v) is 4.16. The molecule has 8 nitrogen and oxygen atoms in total. The maximum absolute atomic E-state index is 11.9. The molecule has 0 saturated heterocycles. The van der Waals surface area contributed by atoms with Crippen molar-refractivity contribution >= 4 is 15.9 Å². The second kappa shape index (κ2) is 6.14. The van der Waals surface area contributed by atoms with Gasteiger partial charge in [-0.1, -0.05) is 17.7 Å². The topological polar surface area (TPSA) is 104 Å². The molecular weight excluding hydrogens is 310 g/mol. The van der Waals surface area contributed by atoms with Gasteiger partial charge in [-0.05, 0) is 24.0 Å². The van der Waals surface area contributed by atoms with Crippen LogP contribution in [0.15, 0.2) is 30.5 Å². The maximum atomic E-state index is 11.9. The smallest absolute Gasteiger partial charge is 0.342 e. The van der Waals surface area contributed by atoms with Crippen LogP contribution < -0.4 is 4.18 Å². The molecule has 0 aliphatic heterocycles. The Morgan fingerprint density at radius 2 is 1.91 bits per heavy atom. The number of hydrogen-bond acceptors (Lipinski definition) is 6. The van der Waals surface area contributed by atoms with Crippen LogP contribution in [0.2, 0.25) is 0 Å². The highest BCUT2D eigenvalue weighted by Gasteiger charge is 2.21. The molecule has 0 aliphatic carbocycles. The monoisotopic (exact) mass is 325 g/mol. The maximum Gasteiger partial charge on any atom is 0.342 e. The third kappa shape index (κ3) is 3.82. The van der Waals surface area contributed by atoms with Crippen molar-refractivity contribution in [3.8, 4) is 5.75 Å². The van der Waals surface area contributed by atoms with Gasteiger partial charge in [0.15, 0.2) is 5.82 Å². The lowest BCUT2D eigenvalue weighted by molar-refractivity contribution is -0.392. The van der Waals surface area contributed by atoms with E-state index >= 15 is 0 Å². The molecule has 22 heavy (non-hydrogen) atoms. The minimum atomic E-state index is -3.85. The van der Waals surface area contributed by atoms with Gasteiger partial charge in [-0.25, -0.2) is 9.55 Å². The summed E-state index contributed by atoms with van der Waals surface area (Å²) in [6, 6.07) is 6.57. The Labute approximate surface area is 127 Å². The van der Waals surface area contributed by atoms with Gasteiger partial charge in [0.2, 0.25) is 0 Å². The van der Waals surface area contributed by atoms with Crippen molar-refractivity contribution in [1.82, 2.24) is 9.55 Å². The molecule has 0 saturated carbocycles. The van der Waals surface area contributed by atoms with Crippen LogP contribution in [0.5, 0.6) is 5.75 Å². The number of hydrogen-bond donors (Lipinski definition) is 0. The van der Waals surface area contributed by atoms with E-state index in [1.807, 2.05) is 6.92 Å². The summed E-state index contributed by atoms with van der Waals surface area (Å²) in [6.07, 6.45) is 1.10. The Balaban J connectivity index is 2.08. The van der Waals surface area contributed by atoms with Crippen LogP contribution in [0.1, 0.15) is 11.4 Å². The molecule has 0 aliphatic rings. The Morgan fingerprint density at radius 1 is 1.27 bits per heavy atom. The molecule has 1 aromatic heterocycles. The molecule has 1 heterocycles. The molecule has 1 aromatic carbocycles. The lowest BCUT2D eigenvalue weighted by Gasteiger charge is -2.07. The second-order valence-electron chi connectivity index (χ2n) is 4.73. The fraction of sp³-hybridized carbons (Fsp3) is 0.308. The largest absolute Gasteiger partial charge is 0.382 e. The van der Waals surface area contributed by atoms with E-state index in [1.165, 1.54) is 4.57 Å². The van der Waals surface area contributed by atoms with E-state index in [4.69, 9.17) is 4.18 Å². The van der Waals surface area contributed by atoms with Gasteiger partial charge in [-0.3, -0.25) is 0 Å². The number of nitro groups is 1. The van der Waals surface area contributed by atoms with Gasteiger partial charge in [0.25, 0.3) is 0 Å². The minimum absolute atomic E-state index is 0.101. The molecule has 0 radical (unpaired) electrons. The number of rotatable bonds is 6. The Bertz CT molecular complexity index is 781. The molecular formula is C13H15N3O5S. The summed E-state index contributed by atoms with van der Waals surface area (Å²) in [7, 11) is -3.85. The van der Waals surface area contributed by atoms with Crippen molar-refractivity contribution in [2.24, 2.45) is 0 Å². The first-order chi connectivity index (χ1) is 10.3. The average molecular weight is 325 g/mol. The Hall–Kier alpha value is -2.42. The van der Waals surface area contributed by atoms with Crippen LogP contribution in [-0.4, -0.2) is 28.6 Å². The second-order valence-corrected chi connectivity index (χ2v) is 6.42. The van der Waals surface area contributed by atoms with Crippen LogP contribution in [-0.2, 0) is 16.7 Å². The molecule has 0 spiro atoms. The fourth-order valence-corrected chi connectivity index (χ4v) is 2.76. The van der Waals surface area contributed by atoms with E-state index in [1.54, 1.807) is 31.2 Å². The predicted molar refractivity (Wildman–Crippen MR) is 79.2 cm³/mol. The Morgan fingerprint density at radius 3 is 2.50 bits per heavy atom. The van der Waals surface area contributed by atoms with E-state index in [0.29, 0.717) is 5.82 Å². The molecule has 0 bridgehead atoms. The SMILES string of the molecule is Cc1ccc(OS(=O)(=O)CCn2c([N+](=O)[O-])cnc2C)cc1. The zero-order valence-electron chi connectivity index (χ0n) is 12.1. The molecule has 2 aromatic rings. The molecule has 0 N–H and O–H groups in total. The number of benzene rings is 1. The van der Waals surface area contributed by atoms with E-state index in [9.17, 15) is 18.5 Å². The number of aryl methyl sites for hydroxylation is 2. The van der Waals surface area contributed by atoms with Gasteiger partial charge in [-0.15, -0.1) is 0 Å². The van der Waals surface area contributed by atoms with E-state index < -0.39 is 15.0 Å². The summed E-state index contributed by atoms with van der Waals surface area (Å²) in [5.74, 6) is -0.0541. The molecule has 0 atom stereocenters. The van der Waals surface area contributed by atoms with Gasteiger partial charge >= 0.3 is 15.9 Å². The highest BCUT2D eigenvalue weighted by atomic mass is 32.2. The first-order valence-electron chi connectivity index (χ1n) is 6.44. The lowest BCUT2D eigenvalue weighted by Crippen LogP contribution is -2.19. The fourth-order valence-electron chi connectivity index (χ4n) is 1.86. The van der Waals surface area contributed by atoms with Gasteiger partial charge < -0.3 is 14.3 Å². The summed E-state index contributed by atoms with van der Waals surface area (Å²) >= 11 is 0. The van der Waals surface area contributed by atoms with Crippen molar-refractivity contribution in [1.29, 1.82) is 0 Å². The first kappa shape index (κ1) is 16.0. The van der Waals surface area contributed by atoms with Crippen molar-refractivity contribution in [2.75, 3.05) is 5.75 Å². The van der Waals surface area contributed by atoms with Crippen molar-refractivity contribution in [3.63, 3.8) is 0 Å². The van der Waals surface area contributed by atoms with Gasteiger partial charge in [0.1, 0.15) is 24.2 Å². The van der Waals surface area contributed by atoms with Gasteiger partial charge in [0, 0.05) is 6.92 Å². The summed E-state index contributed by atoms with van der Waals surface area (Å²) in [4.78, 5) is 14.1. The van der Waals surface area contributed by atoms with Crippen molar-refractivity contribution < 1.29 is 17.5 Å². The molecule has 0 unspecified atom stereocenters. The van der Waals surface area contributed by atoms with Crippen molar-refractivity contribution in [3.05, 3.63) is 52.0 Å². The van der Waals surface area contributed by atoms with Crippen LogP contribution in [0.4, 0.5) is 5.82 Å². The molecule has 118 valence electrons. The van der Waals surface area contributed by atoms with E-state index in [-0.39, 0.29) is 23.9 Å². The number of imidazole rings is 1. The normalized spacial score (nSPS) is 11.4. The summed E-state index contributed by atoms with van der Waals surface area (Å²) in [5.41, 5.74) is 0.981. The lowest BCUT2D eigenvalue weighted by atomic mass is 10.2. The minimum Gasteiger partial charge on any atom is -0.382 e. The summed E-state index contributed by atoms with van der Waals surface area (Å²) < 4.78 is 30.1. The predicted octanol–water partition coefficient (Wildman–Crippen LogP) is 1.82.